The molecular formula is C9H15N2O+. The van der Waals surface area contributed by atoms with Gasteiger partial charge in [-0.15, -0.1) is 0 Å². The van der Waals surface area contributed by atoms with Gasteiger partial charge in [0.15, 0.2) is 0 Å². The lowest BCUT2D eigenvalue weighted by atomic mass is 10.1. The molecule has 0 radical (unpaired) electrons. The Bertz CT molecular complexity index is 251. The van der Waals surface area contributed by atoms with Crippen LogP contribution in [-0.2, 0) is 6.54 Å². The summed E-state index contributed by atoms with van der Waals surface area (Å²) >= 11 is 0. The van der Waals surface area contributed by atoms with Crippen molar-refractivity contribution in [3.8, 4) is 5.75 Å². The molecule has 0 saturated carbocycles. The van der Waals surface area contributed by atoms with Gasteiger partial charge in [-0.3, -0.25) is 0 Å². The minimum atomic E-state index is 0.288. The molecule has 66 valence electrons. The van der Waals surface area contributed by atoms with Gasteiger partial charge in [-0.25, -0.2) is 0 Å². The molecule has 0 unspecified atom stereocenters. The summed E-state index contributed by atoms with van der Waals surface area (Å²) < 4.78 is 0. The van der Waals surface area contributed by atoms with Gasteiger partial charge in [0.25, 0.3) is 0 Å². The predicted molar refractivity (Wildman–Crippen MR) is 49.0 cm³/mol. The number of nitrogens with one attached hydrogen (secondary N) is 1. The first kappa shape index (κ1) is 8.87. The third-order valence-electron chi connectivity index (χ3n) is 1.72. The van der Waals surface area contributed by atoms with Crippen LogP contribution in [0.5, 0.6) is 5.75 Å². The zero-order valence-corrected chi connectivity index (χ0v) is 7.46. The van der Waals surface area contributed by atoms with Gasteiger partial charge in [-0.1, -0.05) is 6.07 Å². The van der Waals surface area contributed by atoms with Crippen LogP contribution < -0.4 is 10.6 Å². The molecule has 0 atom stereocenters. The summed E-state index contributed by atoms with van der Waals surface area (Å²) in [5.74, 6) is 0.288. The minimum absolute atomic E-state index is 0.288. The molecule has 1 aromatic carbocycles. The Balaban J connectivity index is 2.96. The van der Waals surface area contributed by atoms with Gasteiger partial charge >= 0.3 is 0 Å². The van der Waals surface area contributed by atoms with Crippen molar-refractivity contribution in [1.82, 2.24) is 0 Å². The molecule has 0 aliphatic carbocycles. The first-order valence-corrected chi connectivity index (χ1v) is 3.96. The molecule has 12 heavy (non-hydrogen) atoms. The van der Waals surface area contributed by atoms with Crippen LogP contribution in [0.15, 0.2) is 18.2 Å². The summed E-state index contributed by atoms with van der Waals surface area (Å²) in [5.41, 5.74) is 7.19. The van der Waals surface area contributed by atoms with E-state index in [-0.39, 0.29) is 5.75 Å². The van der Waals surface area contributed by atoms with E-state index in [1.807, 2.05) is 14.1 Å². The van der Waals surface area contributed by atoms with E-state index in [4.69, 9.17) is 5.73 Å². The number of rotatable bonds is 2. The van der Waals surface area contributed by atoms with Crippen LogP contribution in [0.3, 0.4) is 0 Å². The fraction of sp³-hybridized carbons (Fsp3) is 0.333. The number of nitrogens with two attached hydrogens (primary N) is 1. The first-order valence-electron chi connectivity index (χ1n) is 3.96. The van der Waals surface area contributed by atoms with Crippen molar-refractivity contribution >= 4 is 5.69 Å². The summed E-state index contributed by atoms with van der Waals surface area (Å²) in [7, 11) is 4.04. The molecule has 0 aliphatic heterocycles. The molecule has 3 heteroatoms. The average Bonchev–Trinajstić information content (AvgIpc) is 1.97. The highest BCUT2D eigenvalue weighted by atomic mass is 16.3. The Morgan fingerprint density at radius 2 is 2.08 bits per heavy atom. The summed E-state index contributed by atoms with van der Waals surface area (Å²) in [6.07, 6.45) is 0. The molecule has 0 aromatic heterocycles. The molecule has 0 bridgehead atoms. The lowest BCUT2D eigenvalue weighted by Gasteiger charge is -2.10. The highest BCUT2D eigenvalue weighted by Gasteiger charge is 2.07. The highest BCUT2D eigenvalue weighted by Crippen LogP contribution is 2.21. The van der Waals surface area contributed by atoms with E-state index in [1.165, 1.54) is 4.90 Å². The van der Waals surface area contributed by atoms with Gasteiger partial charge in [0.2, 0.25) is 0 Å². The maximum absolute atomic E-state index is 9.45. The Morgan fingerprint density at radius 1 is 1.42 bits per heavy atom. The normalized spacial score (nSPS) is 10.6. The van der Waals surface area contributed by atoms with Crippen LogP contribution >= 0.6 is 0 Å². The molecule has 0 aliphatic rings. The Hall–Kier alpha value is -1.22. The lowest BCUT2D eigenvalue weighted by molar-refractivity contribution is -0.872. The fourth-order valence-corrected chi connectivity index (χ4v) is 1.14. The maximum Gasteiger partial charge on any atom is 0.126 e. The van der Waals surface area contributed by atoms with Crippen molar-refractivity contribution in [1.29, 1.82) is 0 Å². The third-order valence-corrected chi connectivity index (χ3v) is 1.72. The summed E-state index contributed by atoms with van der Waals surface area (Å²) in [6, 6.07) is 5.21. The number of hydrogen-bond donors (Lipinski definition) is 3. The van der Waals surface area contributed by atoms with Gasteiger partial charge < -0.3 is 15.7 Å². The van der Waals surface area contributed by atoms with Crippen molar-refractivity contribution < 1.29 is 10.0 Å². The third kappa shape index (κ3) is 1.89. The average molecular weight is 167 g/mol. The second-order valence-electron chi connectivity index (χ2n) is 3.23. The number of benzene rings is 1. The Labute approximate surface area is 72.4 Å². The number of phenols is 1. The number of anilines is 1. The van der Waals surface area contributed by atoms with Gasteiger partial charge in [0.1, 0.15) is 12.3 Å². The quantitative estimate of drug-likeness (QED) is 0.526. The maximum atomic E-state index is 9.45. The summed E-state index contributed by atoms with van der Waals surface area (Å²) in [5, 5.41) is 9.45. The van der Waals surface area contributed by atoms with E-state index in [9.17, 15) is 5.11 Å². The van der Waals surface area contributed by atoms with Gasteiger partial charge in [-0.2, -0.15) is 0 Å². The van der Waals surface area contributed by atoms with Crippen molar-refractivity contribution in [3.63, 3.8) is 0 Å². The molecule has 0 fully saturated rings. The number of quaternary nitrogens is 1. The number of nitrogen functional groups attached to an aromatic ring is 1. The lowest BCUT2D eigenvalue weighted by Crippen LogP contribution is -3.04. The van der Waals surface area contributed by atoms with Crippen LogP contribution in [-0.4, -0.2) is 19.2 Å². The van der Waals surface area contributed by atoms with Crippen LogP contribution in [0, 0.1) is 0 Å². The Kier molecular flexibility index (Phi) is 2.55. The van der Waals surface area contributed by atoms with Gasteiger partial charge in [-0.05, 0) is 12.1 Å². The van der Waals surface area contributed by atoms with Crippen LogP contribution in [0.4, 0.5) is 5.69 Å². The summed E-state index contributed by atoms with van der Waals surface area (Å²) in [4.78, 5) is 1.24. The molecule has 3 nitrogen and oxygen atoms in total. The fourth-order valence-electron chi connectivity index (χ4n) is 1.14. The molecule has 1 rings (SSSR count). The van der Waals surface area contributed by atoms with Crippen molar-refractivity contribution in [2.45, 2.75) is 6.54 Å². The Morgan fingerprint density at radius 3 is 2.58 bits per heavy atom. The van der Waals surface area contributed by atoms with Crippen molar-refractivity contribution in [2.75, 3.05) is 19.8 Å². The highest BCUT2D eigenvalue weighted by molar-refractivity contribution is 5.52. The molecular weight excluding hydrogens is 152 g/mol. The van der Waals surface area contributed by atoms with E-state index < -0.39 is 0 Å². The molecule has 0 saturated heterocycles. The number of aromatic hydroxyl groups is 1. The van der Waals surface area contributed by atoms with Gasteiger partial charge in [0, 0.05) is 5.69 Å². The SMILES string of the molecule is C[NH+](C)Cc1c(N)cccc1O. The van der Waals surface area contributed by atoms with Crippen LogP contribution in [0.1, 0.15) is 5.56 Å². The van der Waals surface area contributed by atoms with E-state index in [0.29, 0.717) is 5.69 Å². The van der Waals surface area contributed by atoms with Gasteiger partial charge in [0.05, 0.1) is 19.7 Å². The van der Waals surface area contributed by atoms with E-state index in [0.717, 1.165) is 12.1 Å². The molecule has 0 amide bonds. The predicted octanol–water partition coefficient (Wildman–Crippen LogP) is -0.381. The van der Waals surface area contributed by atoms with E-state index in [2.05, 4.69) is 0 Å². The second kappa shape index (κ2) is 3.45. The first-order chi connectivity index (χ1) is 5.61. The zero-order chi connectivity index (χ0) is 9.14. The molecule has 1 aromatic rings. The minimum Gasteiger partial charge on any atom is -0.507 e. The van der Waals surface area contributed by atoms with Crippen molar-refractivity contribution in [2.24, 2.45) is 0 Å². The number of phenolic OH excluding ortho intramolecular Hbond substituents is 1. The van der Waals surface area contributed by atoms with Crippen molar-refractivity contribution in [3.05, 3.63) is 23.8 Å². The van der Waals surface area contributed by atoms with E-state index in [1.54, 1.807) is 18.2 Å². The molecule has 0 spiro atoms. The van der Waals surface area contributed by atoms with Crippen LogP contribution in [0.2, 0.25) is 0 Å². The van der Waals surface area contributed by atoms with E-state index >= 15 is 0 Å². The standard InChI is InChI=1S/C9H14N2O/c1-11(2)6-7-8(10)4-3-5-9(7)12/h3-5,12H,6,10H2,1-2H3/p+1. The summed E-state index contributed by atoms with van der Waals surface area (Å²) in [6.45, 7) is 0.749. The topological polar surface area (TPSA) is 50.7 Å². The van der Waals surface area contributed by atoms with Crippen LogP contribution in [0.25, 0.3) is 0 Å². The molecule has 4 N–H and O–H groups in total. The molecule has 0 heterocycles. The largest absolute Gasteiger partial charge is 0.507 e. The second-order valence-corrected chi connectivity index (χ2v) is 3.23. The monoisotopic (exact) mass is 167 g/mol. The number of hydrogen-bond acceptors (Lipinski definition) is 2. The smallest absolute Gasteiger partial charge is 0.126 e. The zero-order valence-electron chi connectivity index (χ0n) is 7.46.